The van der Waals surface area contributed by atoms with Crippen molar-refractivity contribution in [1.29, 1.82) is 0 Å². The second-order valence-corrected chi connectivity index (χ2v) is 9.57. The number of ether oxygens (including phenoxy) is 1. The lowest BCUT2D eigenvalue weighted by Crippen LogP contribution is -2.46. The summed E-state index contributed by atoms with van der Waals surface area (Å²) in [6.45, 7) is 4.91. The van der Waals surface area contributed by atoms with Gasteiger partial charge in [0, 0.05) is 25.7 Å². The third-order valence-corrected chi connectivity index (χ3v) is 7.37. The van der Waals surface area contributed by atoms with Crippen molar-refractivity contribution in [1.82, 2.24) is 24.8 Å². The van der Waals surface area contributed by atoms with E-state index in [1.165, 1.54) is 51.6 Å². The summed E-state index contributed by atoms with van der Waals surface area (Å²) in [5, 5.41) is 8.98. The van der Waals surface area contributed by atoms with E-state index in [0.717, 1.165) is 43.1 Å². The molecule has 2 aliphatic heterocycles. The van der Waals surface area contributed by atoms with E-state index in [-0.39, 0.29) is 18.6 Å². The summed E-state index contributed by atoms with van der Waals surface area (Å²) in [6.07, 6.45) is 10.2. The van der Waals surface area contributed by atoms with Crippen molar-refractivity contribution in [2.75, 3.05) is 32.8 Å². The maximum Gasteiger partial charge on any atom is 0.246 e. The summed E-state index contributed by atoms with van der Waals surface area (Å²) in [6, 6.07) is 8.58. The van der Waals surface area contributed by atoms with E-state index >= 15 is 0 Å². The van der Waals surface area contributed by atoms with Crippen LogP contribution in [0.1, 0.15) is 51.4 Å². The maximum absolute atomic E-state index is 13.3. The highest BCUT2D eigenvalue weighted by Crippen LogP contribution is 2.28. The Morgan fingerprint density at radius 3 is 2.32 bits per heavy atom. The van der Waals surface area contributed by atoms with Crippen molar-refractivity contribution in [3.05, 3.63) is 24.3 Å². The monoisotopic (exact) mass is 425 g/mol. The molecule has 0 bridgehead atoms. The van der Waals surface area contributed by atoms with E-state index in [0.29, 0.717) is 12.5 Å². The Hall–Kier alpha value is -1.99. The van der Waals surface area contributed by atoms with E-state index in [4.69, 9.17) is 4.74 Å². The number of benzene rings is 1. The number of rotatable bonds is 7. The zero-order valence-corrected chi connectivity index (χ0v) is 18.5. The van der Waals surface area contributed by atoms with Crippen molar-refractivity contribution in [2.45, 2.75) is 70.1 Å². The van der Waals surface area contributed by atoms with Gasteiger partial charge in [-0.25, -0.2) is 0 Å². The van der Waals surface area contributed by atoms with Gasteiger partial charge in [-0.3, -0.25) is 4.79 Å². The maximum atomic E-state index is 13.3. The largest absolute Gasteiger partial charge is 0.376 e. The minimum atomic E-state index is 0.106. The summed E-state index contributed by atoms with van der Waals surface area (Å²) in [7, 11) is 0. The standard InChI is InChI=1S/C24H35N5O2/c30-24(18-29-25-22-9-3-4-10-23(22)26-29)28(17-21-8-5-15-31-21)16-19-11-13-27(14-12-19)20-6-1-2-7-20/h3-4,9-10,19-21H,1-2,5-8,11-18H2. The number of carbonyl (C=O) groups is 1. The summed E-state index contributed by atoms with van der Waals surface area (Å²) < 4.78 is 5.87. The topological polar surface area (TPSA) is 63.5 Å². The number of hydrogen-bond acceptors (Lipinski definition) is 5. The SMILES string of the molecule is O=C(Cn1nc2ccccc2n1)N(CC1CCN(C2CCCC2)CC1)CC1CCCO1. The van der Waals surface area contributed by atoms with Crippen molar-refractivity contribution in [3.63, 3.8) is 0 Å². The van der Waals surface area contributed by atoms with Gasteiger partial charge in [-0.05, 0) is 69.7 Å². The predicted molar refractivity (Wildman–Crippen MR) is 120 cm³/mol. The molecule has 2 saturated heterocycles. The van der Waals surface area contributed by atoms with Gasteiger partial charge in [-0.1, -0.05) is 25.0 Å². The van der Waals surface area contributed by atoms with Gasteiger partial charge in [-0.2, -0.15) is 15.0 Å². The van der Waals surface area contributed by atoms with E-state index in [2.05, 4.69) is 15.1 Å². The molecule has 1 aliphatic carbocycles. The molecule has 0 spiro atoms. The summed E-state index contributed by atoms with van der Waals surface area (Å²) >= 11 is 0. The zero-order chi connectivity index (χ0) is 21.0. The molecule has 1 aromatic heterocycles. The van der Waals surface area contributed by atoms with Crippen LogP contribution in [0.4, 0.5) is 0 Å². The van der Waals surface area contributed by atoms with Crippen LogP contribution in [0.3, 0.4) is 0 Å². The van der Waals surface area contributed by atoms with E-state index in [9.17, 15) is 4.79 Å². The van der Waals surface area contributed by atoms with E-state index < -0.39 is 0 Å². The molecule has 1 saturated carbocycles. The average molecular weight is 426 g/mol. The molecule has 1 atom stereocenters. The number of nitrogens with zero attached hydrogens (tertiary/aromatic N) is 5. The fraction of sp³-hybridized carbons (Fsp3) is 0.708. The van der Waals surface area contributed by atoms with Crippen molar-refractivity contribution >= 4 is 16.9 Å². The highest BCUT2D eigenvalue weighted by Gasteiger charge is 2.30. The molecule has 1 amide bonds. The molecular formula is C24H35N5O2. The van der Waals surface area contributed by atoms with Crippen molar-refractivity contribution in [2.24, 2.45) is 5.92 Å². The van der Waals surface area contributed by atoms with Crippen LogP contribution in [0, 0.1) is 5.92 Å². The van der Waals surface area contributed by atoms with Crippen LogP contribution < -0.4 is 0 Å². The Morgan fingerprint density at radius 2 is 1.68 bits per heavy atom. The van der Waals surface area contributed by atoms with Gasteiger partial charge in [0.05, 0.1) is 6.10 Å². The van der Waals surface area contributed by atoms with Crippen LogP contribution in [0.15, 0.2) is 24.3 Å². The third-order valence-electron chi connectivity index (χ3n) is 7.37. The lowest BCUT2D eigenvalue weighted by atomic mass is 9.94. The number of carbonyl (C=O) groups excluding carboxylic acids is 1. The van der Waals surface area contributed by atoms with Crippen LogP contribution in [-0.4, -0.2) is 75.6 Å². The molecule has 0 radical (unpaired) electrons. The Balaban J connectivity index is 1.21. The smallest absolute Gasteiger partial charge is 0.246 e. The minimum absolute atomic E-state index is 0.106. The first-order valence-electron chi connectivity index (χ1n) is 12.2. The van der Waals surface area contributed by atoms with Crippen LogP contribution in [0.25, 0.3) is 11.0 Å². The van der Waals surface area contributed by atoms with Gasteiger partial charge in [0.25, 0.3) is 0 Å². The van der Waals surface area contributed by atoms with E-state index in [1.807, 2.05) is 29.2 Å². The van der Waals surface area contributed by atoms with Crippen molar-refractivity contribution in [3.8, 4) is 0 Å². The van der Waals surface area contributed by atoms with Crippen LogP contribution >= 0.6 is 0 Å². The summed E-state index contributed by atoms with van der Waals surface area (Å²) in [5.41, 5.74) is 1.67. The molecule has 7 heteroatoms. The number of likely N-dealkylation sites (tertiary alicyclic amines) is 1. The van der Waals surface area contributed by atoms with Gasteiger partial charge in [-0.15, -0.1) is 0 Å². The van der Waals surface area contributed by atoms with Gasteiger partial charge >= 0.3 is 0 Å². The first-order chi connectivity index (χ1) is 15.2. The van der Waals surface area contributed by atoms with Crippen LogP contribution in [-0.2, 0) is 16.1 Å². The van der Waals surface area contributed by atoms with Gasteiger partial charge in [0.2, 0.25) is 5.91 Å². The number of hydrogen-bond donors (Lipinski definition) is 0. The summed E-state index contributed by atoms with van der Waals surface area (Å²) in [4.78, 5) is 19.6. The zero-order valence-electron chi connectivity index (χ0n) is 18.5. The fourth-order valence-corrected chi connectivity index (χ4v) is 5.59. The minimum Gasteiger partial charge on any atom is -0.376 e. The molecule has 3 aliphatic rings. The van der Waals surface area contributed by atoms with Crippen molar-refractivity contribution < 1.29 is 9.53 Å². The van der Waals surface area contributed by atoms with Gasteiger partial charge in [0.1, 0.15) is 17.6 Å². The Morgan fingerprint density at radius 1 is 0.968 bits per heavy atom. The number of aromatic nitrogens is 3. The molecular weight excluding hydrogens is 390 g/mol. The number of fused-ring (bicyclic) bond motifs is 1. The second kappa shape index (κ2) is 9.65. The molecule has 3 heterocycles. The molecule has 1 aromatic carbocycles. The molecule has 0 N–H and O–H groups in total. The highest BCUT2D eigenvalue weighted by atomic mass is 16.5. The molecule has 168 valence electrons. The number of amides is 1. The molecule has 2 aromatic rings. The van der Waals surface area contributed by atoms with E-state index in [1.54, 1.807) is 4.80 Å². The molecule has 31 heavy (non-hydrogen) atoms. The molecule has 7 nitrogen and oxygen atoms in total. The first-order valence-corrected chi connectivity index (χ1v) is 12.2. The second-order valence-electron chi connectivity index (χ2n) is 9.57. The predicted octanol–water partition coefficient (Wildman–Crippen LogP) is 3.09. The Labute approximate surface area is 184 Å². The fourth-order valence-electron chi connectivity index (χ4n) is 5.59. The highest BCUT2D eigenvalue weighted by molar-refractivity contribution is 5.77. The summed E-state index contributed by atoms with van der Waals surface area (Å²) in [5.74, 6) is 0.682. The number of piperidine rings is 1. The lowest BCUT2D eigenvalue weighted by molar-refractivity contribution is -0.134. The Bertz CT molecular complexity index is 831. The van der Waals surface area contributed by atoms with Gasteiger partial charge < -0.3 is 14.5 Å². The molecule has 3 fully saturated rings. The van der Waals surface area contributed by atoms with Crippen LogP contribution in [0.2, 0.25) is 0 Å². The quantitative estimate of drug-likeness (QED) is 0.682. The molecule has 5 rings (SSSR count). The average Bonchev–Trinajstić information content (AvgIpc) is 3.55. The normalized spacial score (nSPS) is 23.7. The first kappa shape index (κ1) is 20.9. The Kier molecular flexibility index (Phi) is 6.50. The molecule has 1 unspecified atom stereocenters. The lowest BCUT2D eigenvalue weighted by Gasteiger charge is -2.38. The van der Waals surface area contributed by atoms with Gasteiger partial charge in [0.15, 0.2) is 0 Å². The van der Waals surface area contributed by atoms with Crippen LogP contribution in [0.5, 0.6) is 0 Å². The third kappa shape index (κ3) is 5.09.